The van der Waals surface area contributed by atoms with Crippen LogP contribution in [0.3, 0.4) is 0 Å². The number of piperazine rings is 1. The van der Waals surface area contributed by atoms with Gasteiger partial charge in [-0.05, 0) is 26.8 Å². The van der Waals surface area contributed by atoms with Gasteiger partial charge in [-0.1, -0.05) is 11.6 Å². The van der Waals surface area contributed by atoms with E-state index in [2.05, 4.69) is 19.2 Å². The first-order valence-electron chi connectivity index (χ1n) is 6.43. The van der Waals surface area contributed by atoms with Crippen LogP contribution in [0.1, 0.15) is 31.3 Å². The largest absolute Gasteiger partial charge is 0.342 e. The van der Waals surface area contributed by atoms with E-state index >= 15 is 0 Å². The van der Waals surface area contributed by atoms with E-state index in [-0.39, 0.29) is 11.9 Å². The van der Waals surface area contributed by atoms with Gasteiger partial charge in [-0.15, -0.1) is 0 Å². The highest BCUT2D eigenvalue weighted by Crippen LogP contribution is 2.18. The summed E-state index contributed by atoms with van der Waals surface area (Å²) in [5.74, 6) is 0.0737. The number of halogens is 1. The Balaban J connectivity index is 2.24. The number of nitrogens with one attached hydrogen (secondary N) is 1. The fourth-order valence-corrected chi connectivity index (χ4v) is 2.59. The van der Waals surface area contributed by atoms with Gasteiger partial charge in [0.15, 0.2) is 0 Å². The fraction of sp³-hybridized carbons (Fsp3) is 0.615. The van der Waals surface area contributed by atoms with Crippen LogP contribution in [0.15, 0.2) is 12.3 Å². The van der Waals surface area contributed by atoms with Crippen molar-refractivity contribution in [2.75, 3.05) is 13.1 Å². The quantitative estimate of drug-likeness (QED) is 0.892. The second kappa shape index (κ2) is 5.33. The Labute approximate surface area is 113 Å². The van der Waals surface area contributed by atoms with E-state index in [1.807, 2.05) is 22.6 Å². The molecule has 1 saturated heterocycles. The van der Waals surface area contributed by atoms with Crippen LogP contribution in [-0.4, -0.2) is 40.5 Å². The first kappa shape index (κ1) is 13.4. The summed E-state index contributed by atoms with van der Waals surface area (Å²) >= 11 is 5.99. The lowest BCUT2D eigenvalue weighted by Crippen LogP contribution is -2.56. The number of carbonyl (C=O) groups excluding carboxylic acids is 1. The molecule has 1 aliphatic rings. The SMILES string of the molecule is CCn1cc(Cl)cc1C(=O)N1CC(C)NCC1C. The van der Waals surface area contributed by atoms with E-state index in [9.17, 15) is 4.79 Å². The minimum absolute atomic E-state index is 0.0737. The molecule has 1 aromatic heterocycles. The highest BCUT2D eigenvalue weighted by atomic mass is 35.5. The van der Waals surface area contributed by atoms with Crippen molar-refractivity contribution < 1.29 is 4.79 Å². The smallest absolute Gasteiger partial charge is 0.270 e. The summed E-state index contributed by atoms with van der Waals surface area (Å²) in [5, 5.41) is 4.00. The van der Waals surface area contributed by atoms with Crippen molar-refractivity contribution in [3.63, 3.8) is 0 Å². The molecule has 2 unspecified atom stereocenters. The van der Waals surface area contributed by atoms with Gasteiger partial charge in [0.2, 0.25) is 0 Å². The molecular formula is C13H20ClN3O. The van der Waals surface area contributed by atoms with Crippen LogP contribution in [0, 0.1) is 0 Å². The van der Waals surface area contributed by atoms with Crippen molar-refractivity contribution in [3.8, 4) is 0 Å². The zero-order valence-electron chi connectivity index (χ0n) is 11.1. The normalized spacial score (nSPS) is 24.3. The fourth-order valence-electron chi connectivity index (χ4n) is 2.37. The Hall–Kier alpha value is -1.00. The van der Waals surface area contributed by atoms with Crippen LogP contribution in [0.2, 0.25) is 5.02 Å². The van der Waals surface area contributed by atoms with Gasteiger partial charge < -0.3 is 14.8 Å². The lowest BCUT2D eigenvalue weighted by Gasteiger charge is -2.37. The number of aromatic nitrogens is 1. The van der Waals surface area contributed by atoms with Crippen LogP contribution >= 0.6 is 11.6 Å². The van der Waals surface area contributed by atoms with Crippen molar-refractivity contribution in [1.29, 1.82) is 0 Å². The highest BCUT2D eigenvalue weighted by molar-refractivity contribution is 6.31. The second-order valence-electron chi connectivity index (χ2n) is 4.95. The Bertz CT molecular complexity index is 443. The van der Waals surface area contributed by atoms with Gasteiger partial charge in [0.25, 0.3) is 5.91 Å². The lowest BCUT2D eigenvalue weighted by atomic mass is 10.1. The summed E-state index contributed by atoms with van der Waals surface area (Å²) in [6, 6.07) is 2.31. The zero-order valence-corrected chi connectivity index (χ0v) is 11.9. The molecule has 0 bridgehead atoms. The van der Waals surface area contributed by atoms with E-state index in [0.717, 1.165) is 19.6 Å². The molecule has 1 aromatic rings. The molecule has 2 heterocycles. The summed E-state index contributed by atoms with van der Waals surface area (Å²) < 4.78 is 1.91. The summed E-state index contributed by atoms with van der Waals surface area (Å²) in [5.41, 5.74) is 0.684. The van der Waals surface area contributed by atoms with Crippen molar-refractivity contribution in [1.82, 2.24) is 14.8 Å². The average Bonchev–Trinajstić information content (AvgIpc) is 2.72. The molecule has 0 aliphatic carbocycles. The minimum atomic E-state index is 0.0737. The number of amides is 1. The number of carbonyl (C=O) groups is 1. The number of hydrogen-bond acceptors (Lipinski definition) is 2. The predicted molar refractivity (Wildman–Crippen MR) is 73.1 cm³/mol. The van der Waals surface area contributed by atoms with E-state index < -0.39 is 0 Å². The monoisotopic (exact) mass is 269 g/mol. The highest BCUT2D eigenvalue weighted by Gasteiger charge is 2.28. The predicted octanol–water partition coefficient (Wildman–Crippen LogP) is 1.98. The summed E-state index contributed by atoms with van der Waals surface area (Å²) in [6.45, 7) is 8.51. The van der Waals surface area contributed by atoms with Gasteiger partial charge >= 0.3 is 0 Å². The Morgan fingerprint density at radius 1 is 1.56 bits per heavy atom. The van der Waals surface area contributed by atoms with Crippen LogP contribution in [0.5, 0.6) is 0 Å². The van der Waals surface area contributed by atoms with Gasteiger partial charge in [0, 0.05) is 37.9 Å². The third-order valence-electron chi connectivity index (χ3n) is 3.45. The Kier molecular flexibility index (Phi) is 3.97. The molecule has 100 valence electrons. The summed E-state index contributed by atoms with van der Waals surface area (Å²) in [4.78, 5) is 14.5. The Morgan fingerprint density at radius 2 is 2.28 bits per heavy atom. The van der Waals surface area contributed by atoms with Crippen molar-refractivity contribution in [2.24, 2.45) is 0 Å². The maximum Gasteiger partial charge on any atom is 0.270 e. The first-order valence-corrected chi connectivity index (χ1v) is 6.80. The van der Waals surface area contributed by atoms with Crippen LogP contribution in [-0.2, 0) is 6.54 Å². The van der Waals surface area contributed by atoms with E-state index in [1.165, 1.54) is 0 Å². The molecule has 0 aromatic carbocycles. The minimum Gasteiger partial charge on any atom is -0.342 e. The standard InChI is InChI=1S/C13H20ClN3O/c1-4-16-8-11(14)5-12(16)13(18)17-7-9(2)15-6-10(17)3/h5,8-10,15H,4,6-7H2,1-3H3. The molecule has 5 heteroatoms. The van der Waals surface area contributed by atoms with Crippen molar-refractivity contribution in [2.45, 2.75) is 39.4 Å². The molecular weight excluding hydrogens is 250 g/mol. The third-order valence-corrected chi connectivity index (χ3v) is 3.65. The molecule has 0 saturated carbocycles. The molecule has 2 rings (SSSR count). The van der Waals surface area contributed by atoms with Gasteiger partial charge in [-0.3, -0.25) is 4.79 Å². The third kappa shape index (κ3) is 2.54. The number of aryl methyl sites for hydroxylation is 1. The van der Waals surface area contributed by atoms with Crippen LogP contribution in [0.4, 0.5) is 0 Å². The Morgan fingerprint density at radius 3 is 2.94 bits per heavy atom. The van der Waals surface area contributed by atoms with E-state index in [0.29, 0.717) is 16.8 Å². The van der Waals surface area contributed by atoms with Gasteiger partial charge in [0.05, 0.1) is 5.02 Å². The summed E-state index contributed by atoms with van der Waals surface area (Å²) in [6.07, 6.45) is 1.81. The van der Waals surface area contributed by atoms with Crippen LogP contribution in [0.25, 0.3) is 0 Å². The molecule has 1 N–H and O–H groups in total. The maximum absolute atomic E-state index is 12.6. The molecule has 1 fully saturated rings. The average molecular weight is 270 g/mol. The van der Waals surface area contributed by atoms with E-state index in [4.69, 9.17) is 11.6 Å². The molecule has 1 aliphatic heterocycles. The molecule has 1 amide bonds. The van der Waals surface area contributed by atoms with Crippen molar-refractivity contribution in [3.05, 3.63) is 23.0 Å². The molecule has 0 radical (unpaired) electrons. The lowest BCUT2D eigenvalue weighted by molar-refractivity contribution is 0.0605. The maximum atomic E-state index is 12.6. The number of hydrogen-bond donors (Lipinski definition) is 1. The van der Waals surface area contributed by atoms with E-state index in [1.54, 1.807) is 6.07 Å². The number of nitrogens with zero attached hydrogens (tertiary/aromatic N) is 2. The first-order chi connectivity index (χ1) is 8.52. The summed E-state index contributed by atoms with van der Waals surface area (Å²) in [7, 11) is 0. The second-order valence-corrected chi connectivity index (χ2v) is 5.38. The van der Waals surface area contributed by atoms with Crippen molar-refractivity contribution >= 4 is 17.5 Å². The van der Waals surface area contributed by atoms with Gasteiger partial charge in [-0.25, -0.2) is 0 Å². The van der Waals surface area contributed by atoms with Gasteiger partial charge in [0.1, 0.15) is 5.69 Å². The van der Waals surface area contributed by atoms with Crippen LogP contribution < -0.4 is 5.32 Å². The number of rotatable bonds is 2. The molecule has 2 atom stereocenters. The molecule has 18 heavy (non-hydrogen) atoms. The molecule has 4 nitrogen and oxygen atoms in total. The topological polar surface area (TPSA) is 37.3 Å². The van der Waals surface area contributed by atoms with Gasteiger partial charge in [-0.2, -0.15) is 0 Å². The zero-order chi connectivity index (χ0) is 13.3. The molecule has 0 spiro atoms.